The number of fused-ring (bicyclic) bond motifs is 1. The molecule has 0 fully saturated rings. The van der Waals surface area contributed by atoms with Crippen LogP contribution in [-0.4, -0.2) is 16.5 Å². The molecule has 1 heterocycles. The minimum absolute atomic E-state index is 0.843. The highest BCUT2D eigenvalue weighted by atomic mass is 79.9. The van der Waals surface area contributed by atoms with E-state index in [4.69, 9.17) is 0 Å². The smallest absolute Gasteiger partial charge is 0.140 e. The van der Waals surface area contributed by atoms with Crippen LogP contribution in [0.4, 0.5) is 5.82 Å². The van der Waals surface area contributed by atoms with E-state index >= 15 is 0 Å². The SMILES string of the molecule is CCN(Cc1ccccc1)c1ncnc2ccc(Br)cc12. The van der Waals surface area contributed by atoms with E-state index < -0.39 is 0 Å². The Labute approximate surface area is 132 Å². The Bertz CT molecular complexity index is 743. The Balaban J connectivity index is 2.02. The molecule has 106 valence electrons. The number of hydrogen-bond acceptors (Lipinski definition) is 3. The van der Waals surface area contributed by atoms with E-state index in [1.54, 1.807) is 6.33 Å². The molecule has 3 rings (SSSR count). The van der Waals surface area contributed by atoms with Gasteiger partial charge in [0.1, 0.15) is 12.1 Å². The number of halogens is 1. The Morgan fingerprint density at radius 2 is 1.86 bits per heavy atom. The van der Waals surface area contributed by atoms with Gasteiger partial charge in [-0.05, 0) is 30.7 Å². The van der Waals surface area contributed by atoms with Crippen molar-refractivity contribution < 1.29 is 0 Å². The predicted octanol–water partition coefficient (Wildman–Crippen LogP) is 4.42. The Morgan fingerprint density at radius 1 is 1.05 bits per heavy atom. The highest BCUT2D eigenvalue weighted by Gasteiger charge is 2.11. The zero-order chi connectivity index (χ0) is 14.7. The van der Waals surface area contributed by atoms with Crippen molar-refractivity contribution in [1.29, 1.82) is 0 Å². The molecule has 2 aromatic carbocycles. The normalized spacial score (nSPS) is 10.8. The summed E-state index contributed by atoms with van der Waals surface area (Å²) < 4.78 is 1.04. The molecule has 0 spiro atoms. The highest BCUT2D eigenvalue weighted by Crippen LogP contribution is 2.26. The summed E-state index contributed by atoms with van der Waals surface area (Å²) in [5, 5.41) is 1.07. The molecule has 0 aliphatic heterocycles. The third-order valence-electron chi connectivity index (χ3n) is 3.47. The fraction of sp³-hybridized carbons (Fsp3) is 0.176. The summed E-state index contributed by atoms with van der Waals surface area (Å²) in [7, 11) is 0. The summed E-state index contributed by atoms with van der Waals surface area (Å²) in [6.45, 7) is 3.89. The number of anilines is 1. The molecule has 21 heavy (non-hydrogen) atoms. The fourth-order valence-electron chi connectivity index (χ4n) is 2.41. The minimum atomic E-state index is 0.843. The molecule has 0 aliphatic carbocycles. The van der Waals surface area contributed by atoms with E-state index in [1.165, 1.54) is 5.56 Å². The zero-order valence-corrected chi connectivity index (χ0v) is 13.4. The van der Waals surface area contributed by atoms with E-state index in [2.05, 4.69) is 68.1 Å². The van der Waals surface area contributed by atoms with Crippen LogP contribution < -0.4 is 4.90 Å². The van der Waals surface area contributed by atoms with E-state index in [0.29, 0.717) is 0 Å². The lowest BCUT2D eigenvalue weighted by Gasteiger charge is -2.23. The topological polar surface area (TPSA) is 29.0 Å². The Morgan fingerprint density at radius 3 is 2.62 bits per heavy atom. The first-order valence-corrected chi connectivity index (χ1v) is 7.76. The summed E-state index contributed by atoms with van der Waals surface area (Å²) in [4.78, 5) is 11.1. The van der Waals surface area contributed by atoms with Gasteiger partial charge < -0.3 is 4.90 Å². The molecule has 0 bridgehead atoms. The molecular weight excluding hydrogens is 326 g/mol. The maximum Gasteiger partial charge on any atom is 0.140 e. The minimum Gasteiger partial charge on any atom is -0.352 e. The standard InChI is InChI=1S/C17H16BrN3/c1-2-21(11-13-6-4-3-5-7-13)17-15-10-14(18)8-9-16(15)19-12-20-17/h3-10,12H,2,11H2,1H3. The van der Waals surface area contributed by atoms with Crippen molar-refractivity contribution in [2.75, 3.05) is 11.4 Å². The van der Waals surface area contributed by atoms with Gasteiger partial charge in [0, 0.05) is 22.9 Å². The van der Waals surface area contributed by atoms with E-state index in [0.717, 1.165) is 34.3 Å². The van der Waals surface area contributed by atoms with Crippen LogP contribution in [0.2, 0.25) is 0 Å². The number of hydrogen-bond donors (Lipinski definition) is 0. The average molecular weight is 342 g/mol. The molecule has 0 unspecified atom stereocenters. The number of nitrogens with zero attached hydrogens (tertiary/aromatic N) is 3. The lowest BCUT2D eigenvalue weighted by atomic mass is 10.2. The van der Waals surface area contributed by atoms with Crippen LogP contribution in [0.15, 0.2) is 59.3 Å². The van der Waals surface area contributed by atoms with Crippen molar-refractivity contribution in [3.05, 3.63) is 64.9 Å². The summed E-state index contributed by atoms with van der Waals surface area (Å²) in [6, 6.07) is 16.6. The molecule has 4 heteroatoms. The summed E-state index contributed by atoms with van der Waals surface area (Å²) in [5.74, 6) is 0.979. The second kappa shape index (κ2) is 6.22. The first-order valence-electron chi connectivity index (χ1n) is 6.97. The lowest BCUT2D eigenvalue weighted by molar-refractivity contribution is 0.816. The summed E-state index contributed by atoms with van der Waals surface area (Å²) >= 11 is 3.53. The van der Waals surface area contributed by atoms with Gasteiger partial charge in [-0.3, -0.25) is 0 Å². The third kappa shape index (κ3) is 3.05. The van der Waals surface area contributed by atoms with Gasteiger partial charge in [0.2, 0.25) is 0 Å². The molecule has 0 radical (unpaired) electrons. The molecule has 0 N–H and O–H groups in total. The quantitative estimate of drug-likeness (QED) is 0.703. The van der Waals surface area contributed by atoms with Gasteiger partial charge in [-0.1, -0.05) is 46.3 Å². The molecule has 3 aromatic rings. The second-order valence-electron chi connectivity index (χ2n) is 4.86. The molecular formula is C17H16BrN3. The predicted molar refractivity (Wildman–Crippen MR) is 90.4 cm³/mol. The monoisotopic (exact) mass is 341 g/mol. The molecule has 0 aliphatic rings. The second-order valence-corrected chi connectivity index (χ2v) is 5.77. The van der Waals surface area contributed by atoms with Crippen molar-refractivity contribution in [2.24, 2.45) is 0 Å². The lowest BCUT2D eigenvalue weighted by Crippen LogP contribution is -2.23. The van der Waals surface area contributed by atoms with Crippen LogP contribution in [0, 0.1) is 0 Å². The number of benzene rings is 2. The Hall–Kier alpha value is -1.94. The first kappa shape index (κ1) is 14.0. The number of rotatable bonds is 4. The zero-order valence-electron chi connectivity index (χ0n) is 11.8. The number of aromatic nitrogens is 2. The van der Waals surface area contributed by atoms with Crippen LogP contribution in [0.1, 0.15) is 12.5 Å². The van der Waals surface area contributed by atoms with E-state index in [9.17, 15) is 0 Å². The average Bonchev–Trinajstić information content (AvgIpc) is 2.53. The van der Waals surface area contributed by atoms with Gasteiger partial charge in [0.25, 0.3) is 0 Å². The van der Waals surface area contributed by atoms with Gasteiger partial charge in [0.15, 0.2) is 0 Å². The van der Waals surface area contributed by atoms with Crippen LogP contribution >= 0.6 is 15.9 Å². The van der Waals surface area contributed by atoms with E-state index in [-0.39, 0.29) is 0 Å². The maximum absolute atomic E-state index is 4.51. The molecule has 0 atom stereocenters. The molecule has 0 saturated heterocycles. The summed E-state index contributed by atoms with van der Waals surface area (Å²) in [5.41, 5.74) is 2.25. The van der Waals surface area contributed by atoms with Gasteiger partial charge in [-0.2, -0.15) is 0 Å². The molecule has 3 nitrogen and oxygen atoms in total. The van der Waals surface area contributed by atoms with Crippen LogP contribution in [0.5, 0.6) is 0 Å². The highest BCUT2D eigenvalue weighted by molar-refractivity contribution is 9.10. The van der Waals surface area contributed by atoms with E-state index in [1.807, 2.05) is 18.2 Å². The van der Waals surface area contributed by atoms with Crippen molar-refractivity contribution >= 4 is 32.7 Å². The largest absolute Gasteiger partial charge is 0.352 e. The van der Waals surface area contributed by atoms with Gasteiger partial charge >= 0.3 is 0 Å². The van der Waals surface area contributed by atoms with Crippen LogP contribution in [0.25, 0.3) is 10.9 Å². The summed E-state index contributed by atoms with van der Waals surface area (Å²) in [6.07, 6.45) is 1.64. The van der Waals surface area contributed by atoms with Gasteiger partial charge in [-0.15, -0.1) is 0 Å². The van der Waals surface area contributed by atoms with Gasteiger partial charge in [0.05, 0.1) is 5.52 Å². The maximum atomic E-state index is 4.51. The van der Waals surface area contributed by atoms with Gasteiger partial charge in [-0.25, -0.2) is 9.97 Å². The van der Waals surface area contributed by atoms with Crippen LogP contribution in [-0.2, 0) is 6.54 Å². The molecule has 0 saturated carbocycles. The van der Waals surface area contributed by atoms with Crippen molar-refractivity contribution in [2.45, 2.75) is 13.5 Å². The van der Waals surface area contributed by atoms with Crippen molar-refractivity contribution in [3.63, 3.8) is 0 Å². The third-order valence-corrected chi connectivity index (χ3v) is 3.97. The fourth-order valence-corrected chi connectivity index (χ4v) is 2.77. The molecule has 1 aromatic heterocycles. The van der Waals surface area contributed by atoms with Crippen molar-refractivity contribution in [3.8, 4) is 0 Å². The van der Waals surface area contributed by atoms with Crippen LogP contribution in [0.3, 0.4) is 0 Å². The van der Waals surface area contributed by atoms with Crippen molar-refractivity contribution in [1.82, 2.24) is 9.97 Å². The Kier molecular flexibility index (Phi) is 4.15. The first-order chi connectivity index (χ1) is 10.3. The molecule has 0 amide bonds.